The van der Waals surface area contributed by atoms with Crippen LogP contribution in [0.1, 0.15) is 12.8 Å². The quantitative estimate of drug-likeness (QED) is 0.579. The highest BCUT2D eigenvalue weighted by Gasteiger charge is 2.28. The van der Waals surface area contributed by atoms with Crippen molar-refractivity contribution < 1.29 is 9.59 Å². The van der Waals surface area contributed by atoms with Crippen LogP contribution >= 0.6 is 11.8 Å². The minimum absolute atomic E-state index is 0.0524. The number of hydrogen-bond acceptors (Lipinski definition) is 3. The van der Waals surface area contributed by atoms with E-state index in [0.717, 1.165) is 4.90 Å². The molecule has 0 saturated carbocycles. The van der Waals surface area contributed by atoms with Crippen molar-refractivity contribution in [1.82, 2.24) is 4.90 Å². The molecule has 1 aromatic rings. The molecule has 15 heavy (non-hydrogen) atoms. The van der Waals surface area contributed by atoms with E-state index in [0.29, 0.717) is 18.7 Å². The Bertz CT molecular complexity index is 361. The van der Waals surface area contributed by atoms with Gasteiger partial charge < -0.3 is 0 Å². The number of carbonyl (C=O) groups is 2. The van der Waals surface area contributed by atoms with Crippen molar-refractivity contribution in [3.8, 4) is 0 Å². The Hall–Kier alpha value is -1.29. The van der Waals surface area contributed by atoms with E-state index in [4.69, 9.17) is 0 Å². The summed E-state index contributed by atoms with van der Waals surface area (Å²) < 4.78 is 0. The zero-order valence-electron chi connectivity index (χ0n) is 8.18. The minimum Gasteiger partial charge on any atom is -0.274 e. The lowest BCUT2D eigenvalue weighted by Gasteiger charge is -2.12. The predicted octanol–water partition coefficient (Wildman–Crippen LogP) is 1.89. The first-order valence-corrected chi connectivity index (χ1v) is 5.77. The number of nitrogens with zero attached hydrogens (tertiary/aromatic N) is 1. The number of rotatable bonds is 3. The van der Waals surface area contributed by atoms with E-state index < -0.39 is 0 Å². The number of benzene rings is 1. The molecule has 1 saturated heterocycles. The predicted molar refractivity (Wildman–Crippen MR) is 58.3 cm³/mol. The van der Waals surface area contributed by atoms with Crippen LogP contribution in [0.3, 0.4) is 0 Å². The fraction of sp³-hybridized carbons (Fsp3) is 0.273. The van der Waals surface area contributed by atoms with Gasteiger partial charge in [0, 0.05) is 17.7 Å². The summed E-state index contributed by atoms with van der Waals surface area (Å²) in [5.74, 6) is 0.327. The number of amides is 2. The molecule has 0 atom stereocenters. The van der Waals surface area contributed by atoms with Crippen LogP contribution in [0.4, 0.5) is 0 Å². The molecule has 1 heterocycles. The van der Waals surface area contributed by atoms with Gasteiger partial charge in [0.05, 0.1) is 5.88 Å². The van der Waals surface area contributed by atoms with Crippen molar-refractivity contribution in [3.05, 3.63) is 30.3 Å². The SMILES string of the molecule is O=C1CCC(=O)N1CS[13c]1ccccc1. The molecule has 0 aromatic heterocycles. The Kier molecular flexibility index (Phi) is 3.06. The van der Waals surface area contributed by atoms with Crippen LogP contribution in [-0.4, -0.2) is 22.6 Å². The third-order valence-corrected chi connectivity index (χ3v) is 3.25. The first kappa shape index (κ1) is 10.2. The maximum absolute atomic E-state index is 11.3. The molecule has 0 N–H and O–H groups in total. The molecule has 1 aliphatic heterocycles. The summed E-state index contributed by atoms with van der Waals surface area (Å²) in [5, 5.41) is 0. The fourth-order valence-corrected chi connectivity index (χ4v) is 2.34. The Morgan fingerprint density at radius 2 is 1.67 bits per heavy atom. The van der Waals surface area contributed by atoms with Gasteiger partial charge in [0.15, 0.2) is 0 Å². The number of thioether (sulfide) groups is 1. The Morgan fingerprint density at radius 1 is 1.07 bits per heavy atom. The van der Waals surface area contributed by atoms with Crippen molar-refractivity contribution in [2.75, 3.05) is 5.88 Å². The van der Waals surface area contributed by atoms with Gasteiger partial charge in [-0.15, -0.1) is 11.8 Å². The molecule has 2 rings (SSSR count). The highest BCUT2D eigenvalue weighted by atomic mass is 32.2. The van der Waals surface area contributed by atoms with Gasteiger partial charge in [0.1, 0.15) is 0 Å². The second-order valence-corrected chi connectivity index (χ2v) is 4.32. The third-order valence-electron chi connectivity index (χ3n) is 2.26. The first-order chi connectivity index (χ1) is 7.27. The van der Waals surface area contributed by atoms with E-state index in [1.165, 1.54) is 16.7 Å². The molecule has 1 aliphatic rings. The van der Waals surface area contributed by atoms with Crippen LogP contribution in [0.15, 0.2) is 35.2 Å². The first-order valence-electron chi connectivity index (χ1n) is 4.78. The van der Waals surface area contributed by atoms with Crippen LogP contribution in [0.25, 0.3) is 0 Å². The molecule has 0 radical (unpaired) electrons. The molecule has 0 unspecified atom stereocenters. The van der Waals surface area contributed by atoms with Gasteiger partial charge in [-0.3, -0.25) is 14.5 Å². The lowest BCUT2D eigenvalue weighted by atomic mass is 10.4. The lowest BCUT2D eigenvalue weighted by molar-refractivity contribution is -0.137. The van der Waals surface area contributed by atoms with Crippen LogP contribution in [-0.2, 0) is 9.59 Å². The van der Waals surface area contributed by atoms with E-state index in [9.17, 15) is 9.59 Å². The Balaban J connectivity index is 1.93. The highest BCUT2D eigenvalue weighted by Crippen LogP contribution is 2.21. The average molecular weight is 222 g/mol. The van der Waals surface area contributed by atoms with E-state index in [2.05, 4.69) is 0 Å². The van der Waals surface area contributed by atoms with Gasteiger partial charge in [-0.2, -0.15) is 0 Å². The van der Waals surface area contributed by atoms with Crippen LogP contribution < -0.4 is 0 Å². The van der Waals surface area contributed by atoms with Gasteiger partial charge in [-0.05, 0) is 12.1 Å². The number of hydrogen-bond donors (Lipinski definition) is 0. The van der Waals surface area contributed by atoms with E-state index in [1.54, 1.807) is 0 Å². The molecule has 1 aromatic carbocycles. The van der Waals surface area contributed by atoms with Gasteiger partial charge in [-0.25, -0.2) is 0 Å². The van der Waals surface area contributed by atoms with Gasteiger partial charge in [0.2, 0.25) is 11.8 Å². The summed E-state index contributed by atoms with van der Waals surface area (Å²) >= 11 is 1.51. The second-order valence-electron chi connectivity index (χ2n) is 3.30. The minimum atomic E-state index is -0.0524. The van der Waals surface area contributed by atoms with E-state index >= 15 is 0 Å². The molecule has 3 nitrogen and oxygen atoms in total. The monoisotopic (exact) mass is 222 g/mol. The normalized spacial score (nSPS) is 16.1. The summed E-state index contributed by atoms with van der Waals surface area (Å²) in [7, 11) is 0. The molecule has 2 amide bonds. The van der Waals surface area contributed by atoms with Crippen molar-refractivity contribution >= 4 is 23.6 Å². The standard InChI is InChI=1S/C11H11NO2S/c13-10-6-7-11(14)12(10)8-15-9-4-2-1-3-5-9/h1-5H,6-8H2/i9+1. The summed E-state index contributed by atoms with van der Waals surface area (Å²) in [6.07, 6.45) is 0.738. The molecule has 4 heteroatoms. The lowest BCUT2D eigenvalue weighted by Crippen LogP contribution is -2.28. The van der Waals surface area contributed by atoms with Crippen LogP contribution in [0, 0.1) is 0 Å². The average Bonchev–Trinajstić information content (AvgIpc) is 2.58. The van der Waals surface area contributed by atoms with Crippen LogP contribution in [0.5, 0.6) is 0 Å². The summed E-state index contributed by atoms with van der Waals surface area (Å²) in [4.78, 5) is 25.0. The van der Waals surface area contributed by atoms with Crippen molar-refractivity contribution in [1.29, 1.82) is 0 Å². The van der Waals surface area contributed by atoms with Gasteiger partial charge in [0.25, 0.3) is 0 Å². The van der Waals surface area contributed by atoms with Gasteiger partial charge >= 0.3 is 0 Å². The second kappa shape index (κ2) is 4.49. The Morgan fingerprint density at radius 3 is 2.27 bits per heavy atom. The topological polar surface area (TPSA) is 37.4 Å². The van der Waals surface area contributed by atoms with Crippen molar-refractivity contribution in [2.45, 2.75) is 17.7 Å². The third kappa shape index (κ3) is 2.39. The largest absolute Gasteiger partial charge is 0.274 e. The molecular formula is C11H11NO2S. The van der Waals surface area contributed by atoms with Crippen molar-refractivity contribution in [3.63, 3.8) is 0 Å². The molecule has 1 fully saturated rings. The smallest absolute Gasteiger partial charge is 0.230 e. The fourth-order valence-electron chi connectivity index (χ4n) is 1.42. The number of carbonyl (C=O) groups excluding carboxylic acids is 2. The molecule has 0 bridgehead atoms. The van der Waals surface area contributed by atoms with Gasteiger partial charge in [-0.1, -0.05) is 18.2 Å². The molecule has 0 aliphatic carbocycles. The maximum Gasteiger partial charge on any atom is 0.230 e. The molecular weight excluding hydrogens is 211 g/mol. The molecule has 78 valence electrons. The number of imide groups is 1. The maximum atomic E-state index is 11.3. The summed E-state index contributed by atoms with van der Waals surface area (Å²) in [5.41, 5.74) is 0. The molecule has 0 spiro atoms. The van der Waals surface area contributed by atoms with E-state index in [1.807, 2.05) is 30.3 Å². The van der Waals surface area contributed by atoms with Crippen molar-refractivity contribution in [2.24, 2.45) is 0 Å². The highest BCUT2D eigenvalue weighted by molar-refractivity contribution is 7.99. The zero-order chi connectivity index (χ0) is 10.7. The summed E-state index contributed by atoms with van der Waals surface area (Å²) in [6, 6.07) is 9.76. The van der Waals surface area contributed by atoms with Crippen LogP contribution in [0.2, 0.25) is 0 Å². The Labute approximate surface area is 92.5 Å². The number of likely N-dealkylation sites (tertiary alicyclic amines) is 1. The zero-order valence-corrected chi connectivity index (χ0v) is 9.00. The van der Waals surface area contributed by atoms with E-state index in [-0.39, 0.29) is 11.8 Å². The summed E-state index contributed by atoms with van der Waals surface area (Å²) in [6.45, 7) is 0.